The van der Waals surface area contributed by atoms with E-state index in [2.05, 4.69) is 10.4 Å². The second-order valence-electron chi connectivity index (χ2n) is 8.26. The van der Waals surface area contributed by atoms with Gasteiger partial charge >= 0.3 is 0 Å². The summed E-state index contributed by atoms with van der Waals surface area (Å²) in [4.78, 5) is 26.3. The number of amides is 1. The van der Waals surface area contributed by atoms with Gasteiger partial charge in [-0.05, 0) is 49.9 Å². The summed E-state index contributed by atoms with van der Waals surface area (Å²) >= 11 is 0. The predicted molar refractivity (Wildman–Crippen MR) is 128 cm³/mol. The molecule has 1 heterocycles. The van der Waals surface area contributed by atoms with E-state index in [9.17, 15) is 9.59 Å². The van der Waals surface area contributed by atoms with Crippen LogP contribution in [0.5, 0.6) is 5.75 Å². The van der Waals surface area contributed by atoms with Gasteiger partial charge in [0.05, 0.1) is 17.2 Å². The van der Waals surface area contributed by atoms with E-state index in [0.29, 0.717) is 23.0 Å². The third-order valence-corrected chi connectivity index (χ3v) is 6.03. The first-order valence-corrected chi connectivity index (χ1v) is 11.3. The summed E-state index contributed by atoms with van der Waals surface area (Å²) in [5.74, 6) is 0.461. The minimum atomic E-state index is -0.341. The largest absolute Gasteiger partial charge is 0.490 e. The van der Waals surface area contributed by atoms with Gasteiger partial charge in [0.1, 0.15) is 5.75 Å². The lowest BCUT2D eigenvalue weighted by Gasteiger charge is -2.17. The zero-order valence-electron chi connectivity index (χ0n) is 18.2. The predicted octanol–water partition coefficient (Wildman–Crippen LogP) is 4.64. The van der Waals surface area contributed by atoms with Crippen LogP contribution in [0.3, 0.4) is 0 Å². The first kappa shape index (κ1) is 20.9. The highest BCUT2D eigenvalue weighted by molar-refractivity contribution is 6.04. The van der Waals surface area contributed by atoms with Gasteiger partial charge in [-0.1, -0.05) is 54.6 Å². The molecule has 1 fully saturated rings. The maximum Gasteiger partial charge on any atom is 0.279 e. The molecule has 0 saturated heterocycles. The van der Waals surface area contributed by atoms with Gasteiger partial charge in [0.25, 0.3) is 11.5 Å². The summed E-state index contributed by atoms with van der Waals surface area (Å²) in [5.41, 5.74) is 1.47. The number of hydrogen-bond donors (Lipinski definition) is 1. The van der Waals surface area contributed by atoms with Crippen LogP contribution < -0.4 is 15.6 Å². The van der Waals surface area contributed by atoms with Crippen molar-refractivity contribution in [3.05, 3.63) is 100 Å². The average molecular weight is 440 g/mol. The highest BCUT2D eigenvalue weighted by Gasteiger charge is 2.20. The first-order chi connectivity index (χ1) is 16.2. The fraction of sp³-hybridized carbons (Fsp3) is 0.222. The van der Waals surface area contributed by atoms with E-state index in [4.69, 9.17) is 4.74 Å². The van der Waals surface area contributed by atoms with Gasteiger partial charge in [0, 0.05) is 17.5 Å². The van der Waals surface area contributed by atoms with Crippen LogP contribution in [0.25, 0.3) is 16.5 Å². The molecule has 1 aromatic heterocycles. The zero-order chi connectivity index (χ0) is 22.6. The fourth-order valence-electron chi connectivity index (χ4n) is 4.31. The number of nitrogens with one attached hydrogen (secondary N) is 1. The Balaban J connectivity index is 1.45. The number of nitrogens with zero attached hydrogens (tertiary/aromatic N) is 2. The molecule has 0 bridgehead atoms. The molecule has 6 heteroatoms. The average Bonchev–Trinajstić information content (AvgIpc) is 3.37. The van der Waals surface area contributed by atoms with E-state index in [1.54, 1.807) is 36.4 Å². The Hall–Kier alpha value is -3.93. The number of fused-ring (bicyclic) bond motifs is 1. The third-order valence-electron chi connectivity index (χ3n) is 6.03. The molecule has 5 rings (SSSR count). The van der Waals surface area contributed by atoms with Gasteiger partial charge < -0.3 is 10.1 Å². The van der Waals surface area contributed by atoms with E-state index >= 15 is 0 Å². The standard InChI is InChI=1S/C27H25N3O3/c31-26(28-18-19-10-4-9-17-24(19)33-21-13-5-6-14-21)25-22-15-7-8-16-23(22)27(32)30(29-25)20-11-2-1-3-12-20/h1-4,7-12,15-17,21H,5-6,13-14,18H2,(H,28,31). The fourth-order valence-corrected chi connectivity index (χ4v) is 4.31. The van der Waals surface area contributed by atoms with Gasteiger partial charge in [-0.3, -0.25) is 9.59 Å². The second-order valence-corrected chi connectivity index (χ2v) is 8.26. The summed E-state index contributed by atoms with van der Waals surface area (Å²) in [5, 5.41) is 8.40. The van der Waals surface area contributed by atoms with Crippen LogP contribution in [0.4, 0.5) is 0 Å². The Kier molecular flexibility index (Phi) is 5.89. The molecule has 6 nitrogen and oxygen atoms in total. The third kappa shape index (κ3) is 4.37. The van der Waals surface area contributed by atoms with Crippen LogP contribution >= 0.6 is 0 Å². The molecule has 1 aliphatic carbocycles. The minimum Gasteiger partial charge on any atom is -0.490 e. The summed E-state index contributed by atoms with van der Waals surface area (Å²) in [6.45, 7) is 0.308. The van der Waals surface area contributed by atoms with Gasteiger partial charge in [0.2, 0.25) is 0 Å². The van der Waals surface area contributed by atoms with Crippen LogP contribution in [0.1, 0.15) is 41.7 Å². The normalized spacial score (nSPS) is 13.8. The van der Waals surface area contributed by atoms with Crippen molar-refractivity contribution < 1.29 is 9.53 Å². The van der Waals surface area contributed by atoms with Crippen LogP contribution in [0.2, 0.25) is 0 Å². The Morgan fingerprint density at radius 3 is 2.36 bits per heavy atom. The molecule has 1 aliphatic rings. The van der Waals surface area contributed by atoms with Gasteiger partial charge in [-0.25, -0.2) is 0 Å². The Bertz CT molecular complexity index is 1340. The van der Waals surface area contributed by atoms with Crippen molar-refractivity contribution in [2.75, 3.05) is 0 Å². The SMILES string of the molecule is O=C(NCc1ccccc1OC1CCCC1)c1nn(-c2ccccc2)c(=O)c2ccccc12. The molecule has 1 N–H and O–H groups in total. The van der Waals surface area contributed by atoms with Crippen molar-refractivity contribution >= 4 is 16.7 Å². The lowest BCUT2D eigenvalue weighted by atomic mass is 10.1. The second kappa shape index (κ2) is 9.28. The van der Waals surface area contributed by atoms with Crippen molar-refractivity contribution in [2.24, 2.45) is 0 Å². The lowest BCUT2D eigenvalue weighted by molar-refractivity contribution is 0.0945. The quantitative estimate of drug-likeness (QED) is 0.475. The van der Waals surface area contributed by atoms with Crippen LogP contribution in [-0.4, -0.2) is 21.8 Å². The van der Waals surface area contributed by atoms with Gasteiger partial charge in [0.15, 0.2) is 5.69 Å². The Labute approximate surface area is 191 Å². The molecule has 1 saturated carbocycles. The molecule has 0 spiro atoms. The van der Waals surface area contributed by atoms with Crippen molar-refractivity contribution in [3.8, 4) is 11.4 Å². The van der Waals surface area contributed by atoms with E-state index in [1.165, 1.54) is 17.5 Å². The van der Waals surface area contributed by atoms with Crippen LogP contribution in [-0.2, 0) is 6.54 Å². The van der Waals surface area contributed by atoms with Gasteiger partial charge in [-0.2, -0.15) is 9.78 Å². The number of carbonyl (C=O) groups is 1. The van der Waals surface area contributed by atoms with Crippen LogP contribution in [0, 0.1) is 0 Å². The molecular formula is C27H25N3O3. The first-order valence-electron chi connectivity index (χ1n) is 11.3. The Morgan fingerprint density at radius 1 is 0.909 bits per heavy atom. The van der Waals surface area contributed by atoms with Gasteiger partial charge in [-0.15, -0.1) is 0 Å². The molecule has 4 aromatic rings. The molecule has 0 unspecified atom stereocenters. The van der Waals surface area contributed by atoms with Crippen molar-refractivity contribution in [2.45, 2.75) is 38.3 Å². The van der Waals surface area contributed by atoms with Crippen molar-refractivity contribution in [3.63, 3.8) is 0 Å². The van der Waals surface area contributed by atoms with Crippen LogP contribution in [0.15, 0.2) is 83.7 Å². The van der Waals surface area contributed by atoms with E-state index in [0.717, 1.165) is 24.2 Å². The summed E-state index contributed by atoms with van der Waals surface area (Å²) in [6.07, 6.45) is 4.76. The molecule has 33 heavy (non-hydrogen) atoms. The maximum absolute atomic E-state index is 13.3. The Morgan fingerprint density at radius 2 is 1.58 bits per heavy atom. The van der Waals surface area contributed by atoms with E-state index in [-0.39, 0.29) is 23.3 Å². The molecule has 1 amide bonds. The smallest absolute Gasteiger partial charge is 0.279 e. The number of carbonyl (C=O) groups excluding carboxylic acids is 1. The minimum absolute atomic E-state index is 0.211. The molecule has 0 radical (unpaired) electrons. The van der Waals surface area contributed by atoms with Crippen molar-refractivity contribution in [1.82, 2.24) is 15.1 Å². The number of benzene rings is 3. The topological polar surface area (TPSA) is 73.2 Å². The monoisotopic (exact) mass is 439 g/mol. The molecule has 0 atom stereocenters. The zero-order valence-corrected chi connectivity index (χ0v) is 18.2. The molecule has 166 valence electrons. The summed E-state index contributed by atoms with van der Waals surface area (Å²) in [6, 6.07) is 24.0. The van der Waals surface area contributed by atoms with E-state index < -0.39 is 0 Å². The van der Waals surface area contributed by atoms with Crippen molar-refractivity contribution in [1.29, 1.82) is 0 Å². The molecule has 3 aromatic carbocycles. The van der Waals surface area contributed by atoms with E-state index in [1.807, 2.05) is 42.5 Å². The molecular weight excluding hydrogens is 414 g/mol. The summed E-state index contributed by atoms with van der Waals surface area (Å²) in [7, 11) is 0. The number of aromatic nitrogens is 2. The number of ether oxygens (including phenoxy) is 1. The highest BCUT2D eigenvalue weighted by atomic mass is 16.5. The highest BCUT2D eigenvalue weighted by Crippen LogP contribution is 2.26. The maximum atomic E-state index is 13.3. The lowest BCUT2D eigenvalue weighted by Crippen LogP contribution is -2.30. The molecule has 0 aliphatic heterocycles. The summed E-state index contributed by atoms with van der Waals surface area (Å²) < 4.78 is 7.48. The number of hydrogen-bond acceptors (Lipinski definition) is 4. The number of para-hydroxylation sites is 2. The number of rotatable bonds is 6.